The highest BCUT2D eigenvalue weighted by atomic mass is 32.1. The number of aryl methyl sites for hydroxylation is 3. The van der Waals surface area contributed by atoms with Crippen LogP contribution in [0.1, 0.15) is 35.9 Å². The highest BCUT2D eigenvalue weighted by molar-refractivity contribution is 7.71. The third kappa shape index (κ3) is 5.51. The van der Waals surface area contributed by atoms with Crippen molar-refractivity contribution in [2.75, 3.05) is 0 Å². The molecule has 0 saturated heterocycles. The van der Waals surface area contributed by atoms with E-state index in [1.807, 2.05) is 38.1 Å². The molecule has 8 heteroatoms. The van der Waals surface area contributed by atoms with Gasteiger partial charge in [0.05, 0.1) is 0 Å². The molecule has 2 heterocycles. The number of benzene rings is 1. The number of hydrogen-bond donors (Lipinski definition) is 2. The molecule has 3 rings (SSSR count). The highest BCUT2D eigenvalue weighted by Crippen LogP contribution is 2.24. The van der Waals surface area contributed by atoms with Crippen LogP contribution >= 0.6 is 12.2 Å². The van der Waals surface area contributed by atoms with Crippen LogP contribution in [0.2, 0.25) is 0 Å². The van der Waals surface area contributed by atoms with E-state index in [1.54, 1.807) is 16.8 Å². The van der Waals surface area contributed by atoms with Crippen molar-refractivity contribution in [3.8, 4) is 11.6 Å². The lowest BCUT2D eigenvalue weighted by Gasteiger charge is -2.10. The van der Waals surface area contributed by atoms with Gasteiger partial charge in [0.25, 0.3) is 0 Å². The highest BCUT2D eigenvalue weighted by Gasteiger charge is 2.10. The third-order valence-corrected chi connectivity index (χ3v) is 4.77. The van der Waals surface area contributed by atoms with Crippen LogP contribution in [0.25, 0.3) is 0 Å². The van der Waals surface area contributed by atoms with Crippen molar-refractivity contribution >= 4 is 18.1 Å². The van der Waals surface area contributed by atoms with Gasteiger partial charge in [0.15, 0.2) is 4.77 Å². The van der Waals surface area contributed by atoms with Crippen molar-refractivity contribution in [1.29, 1.82) is 0 Å². The van der Waals surface area contributed by atoms with Gasteiger partial charge in [-0.3, -0.25) is 14.5 Å². The molecule has 0 spiro atoms. The van der Waals surface area contributed by atoms with E-state index in [2.05, 4.69) is 27.4 Å². The topological polar surface area (TPSA) is 84.8 Å². The van der Waals surface area contributed by atoms with E-state index in [0.717, 1.165) is 41.1 Å². The van der Waals surface area contributed by atoms with Crippen molar-refractivity contribution < 1.29 is 9.53 Å². The summed E-state index contributed by atoms with van der Waals surface area (Å²) in [5.41, 5.74) is 3.06. The Kier molecular flexibility index (Phi) is 6.77. The zero-order valence-corrected chi connectivity index (χ0v) is 17.7. The molecule has 0 bridgehead atoms. The molecule has 1 aromatic carbocycles. The SMILES string of the molecule is CCCc1n[nH]c(=S)n1CC(=O)NCc1ccc(Oc2cc(C)ccc2C)nc1. The zero-order valence-electron chi connectivity index (χ0n) is 16.9. The number of aromatic nitrogens is 4. The Bertz CT molecular complexity index is 1040. The molecule has 3 aromatic rings. The van der Waals surface area contributed by atoms with E-state index >= 15 is 0 Å². The summed E-state index contributed by atoms with van der Waals surface area (Å²) in [5.74, 6) is 1.97. The minimum absolute atomic E-state index is 0.129. The number of hydrogen-bond acceptors (Lipinski definition) is 5. The second kappa shape index (κ2) is 9.47. The van der Waals surface area contributed by atoms with Crippen LogP contribution in [0.4, 0.5) is 0 Å². The van der Waals surface area contributed by atoms with Gasteiger partial charge in [-0.25, -0.2) is 4.98 Å². The van der Waals surface area contributed by atoms with Gasteiger partial charge in [0, 0.05) is 25.2 Å². The maximum atomic E-state index is 12.3. The smallest absolute Gasteiger partial charge is 0.240 e. The average Bonchev–Trinajstić information content (AvgIpc) is 3.04. The summed E-state index contributed by atoms with van der Waals surface area (Å²) in [6.45, 7) is 6.60. The normalized spacial score (nSPS) is 10.7. The standard InChI is InChI=1S/C21H25N5O2S/c1-4-5-18-24-25-21(29)26(18)13-19(27)22-11-16-8-9-20(23-12-16)28-17-10-14(2)6-7-15(17)3/h6-10,12H,4-5,11,13H2,1-3H3,(H,22,27)(H,25,29). The predicted octanol–water partition coefficient (Wildman–Crippen LogP) is 4.01. The van der Waals surface area contributed by atoms with Crippen molar-refractivity contribution in [3.05, 3.63) is 63.8 Å². The largest absolute Gasteiger partial charge is 0.439 e. The molecule has 0 radical (unpaired) electrons. The molecular weight excluding hydrogens is 386 g/mol. The maximum Gasteiger partial charge on any atom is 0.240 e. The number of aromatic amines is 1. The fourth-order valence-corrected chi connectivity index (χ4v) is 3.05. The Hall–Kier alpha value is -3.00. The number of carbonyl (C=O) groups excluding carboxylic acids is 1. The van der Waals surface area contributed by atoms with Gasteiger partial charge >= 0.3 is 0 Å². The van der Waals surface area contributed by atoms with Gasteiger partial charge < -0.3 is 10.1 Å². The second-order valence-electron chi connectivity index (χ2n) is 6.93. The molecular formula is C21H25N5O2S. The number of rotatable bonds is 8. The van der Waals surface area contributed by atoms with Crippen molar-refractivity contribution in [1.82, 2.24) is 25.1 Å². The van der Waals surface area contributed by atoms with Crippen LogP contribution in [0, 0.1) is 18.6 Å². The Labute approximate surface area is 175 Å². The Morgan fingerprint density at radius 2 is 2.10 bits per heavy atom. The van der Waals surface area contributed by atoms with Crippen molar-refractivity contribution in [3.63, 3.8) is 0 Å². The van der Waals surface area contributed by atoms with E-state index < -0.39 is 0 Å². The summed E-state index contributed by atoms with van der Waals surface area (Å²) in [4.78, 5) is 16.6. The van der Waals surface area contributed by atoms with Gasteiger partial charge in [0.1, 0.15) is 18.1 Å². The lowest BCUT2D eigenvalue weighted by Crippen LogP contribution is -2.28. The molecule has 1 amide bonds. The predicted molar refractivity (Wildman–Crippen MR) is 113 cm³/mol. The van der Waals surface area contributed by atoms with Gasteiger partial charge in [-0.2, -0.15) is 5.10 Å². The monoisotopic (exact) mass is 411 g/mol. The van der Waals surface area contributed by atoms with Crippen LogP contribution < -0.4 is 10.1 Å². The average molecular weight is 412 g/mol. The number of nitrogens with one attached hydrogen (secondary N) is 2. The molecule has 2 N–H and O–H groups in total. The van der Waals surface area contributed by atoms with Crippen LogP contribution in [0.5, 0.6) is 11.6 Å². The van der Waals surface area contributed by atoms with Crippen LogP contribution in [-0.4, -0.2) is 25.7 Å². The molecule has 0 unspecified atom stereocenters. The first kappa shape index (κ1) is 20.7. The molecule has 0 saturated carbocycles. The number of H-pyrrole nitrogens is 1. The second-order valence-corrected chi connectivity index (χ2v) is 7.32. The van der Waals surface area contributed by atoms with E-state index in [4.69, 9.17) is 17.0 Å². The molecule has 2 aromatic heterocycles. The zero-order chi connectivity index (χ0) is 20.8. The molecule has 0 atom stereocenters. The van der Waals surface area contributed by atoms with Gasteiger partial charge in [-0.1, -0.05) is 25.1 Å². The van der Waals surface area contributed by atoms with Crippen molar-refractivity contribution in [2.45, 2.75) is 46.7 Å². The number of amides is 1. The number of carbonyl (C=O) groups is 1. The number of ether oxygens (including phenoxy) is 1. The Morgan fingerprint density at radius 3 is 2.83 bits per heavy atom. The lowest BCUT2D eigenvalue weighted by molar-refractivity contribution is -0.121. The summed E-state index contributed by atoms with van der Waals surface area (Å²) in [5, 5.41) is 9.81. The van der Waals surface area contributed by atoms with E-state index in [1.165, 1.54) is 0 Å². The molecule has 0 aliphatic rings. The van der Waals surface area contributed by atoms with Gasteiger partial charge in [-0.05, 0) is 55.2 Å². The van der Waals surface area contributed by atoms with Gasteiger partial charge in [-0.15, -0.1) is 0 Å². The maximum absolute atomic E-state index is 12.3. The lowest BCUT2D eigenvalue weighted by atomic mass is 10.1. The minimum Gasteiger partial charge on any atom is -0.439 e. The molecule has 152 valence electrons. The first-order valence-electron chi connectivity index (χ1n) is 9.57. The first-order valence-corrected chi connectivity index (χ1v) is 9.98. The van der Waals surface area contributed by atoms with Crippen LogP contribution in [0.15, 0.2) is 36.5 Å². The molecule has 7 nitrogen and oxygen atoms in total. The Morgan fingerprint density at radius 1 is 1.28 bits per heavy atom. The quantitative estimate of drug-likeness (QED) is 0.547. The van der Waals surface area contributed by atoms with Crippen molar-refractivity contribution in [2.24, 2.45) is 0 Å². The Balaban J connectivity index is 1.56. The fourth-order valence-electron chi connectivity index (χ4n) is 2.83. The van der Waals surface area contributed by atoms with E-state index in [0.29, 0.717) is 17.2 Å². The molecule has 29 heavy (non-hydrogen) atoms. The molecule has 0 fully saturated rings. The molecule has 0 aliphatic heterocycles. The summed E-state index contributed by atoms with van der Waals surface area (Å²) < 4.78 is 8.05. The summed E-state index contributed by atoms with van der Waals surface area (Å²) in [6.07, 6.45) is 3.41. The number of nitrogens with zero attached hydrogens (tertiary/aromatic N) is 3. The summed E-state index contributed by atoms with van der Waals surface area (Å²) in [7, 11) is 0. The third-order valence-electron chi connectivity index (χ3n) is 4.46. The summed E-state index contributed by atoms with van der Waals surface area (Å²) in [6, 6.07) is 9.74. The van der Waals surface area contributed by atoms with Crippen LogP contribution in [0.3, 0.4) is 0 Å². The number of pyridine rings is 1. The van der Waals surface area contributed by atoms with E-state index in [9.17, 15) is 4.79 Å². The van der Waals surface area contributed by atoms with Crippen LogP contribution in [-0.2, 0) is 24.3 Å². The first-order chi connectivity index (χ1) is 14.0. The summed E-state index contributed by atoms with van der Waals surface area (Å²) >= 11 is 5.21. The van der Waals surface area contributed by atoms with Gasteiger partial charge in [0.2, 0.25) is 11.8 Å². The van der Waals surface area contributed by atoms with E-state index in [-0.39, 0.29) is 12.5 Å². The molecule has 0 aliphatic carbocycles. The fraction of sp³-hybridized carbons (Fsp3) is 0.333. The minimum atomic E-state index is -0.129.